The van der Waals surface area contributed by atoms with Crippen LogP contribution in [0.3, 0.4) is 0 Å². The van der Waals surface area contributed by atoms with E-state index in [4.69, 9.17) is 0 Å². The highest BCUT2D eigenvalue weighted by Crippen LogP contribution is 2.46. The van der Waals surface area contributed by atoms with E-state index in [1.165, 1.54) is 12.3 Å². The number of halogens is 1. The first kappa shape index (κ1) is 16.3. The van der Waals surface area contributed by atoms with Crippen LogP contribution >= 0.6 is 0 Å². The molecule has 0 aliphatic heterocycles. The number of fused-ring (bicyclic) bond motifs is 4. The maximum Gasteiger partial charge on any atom is 0.308 e. The van der Waals surface area contributed by atoms with Crippen LogP contribution in [-0.2, 0) is 4.79 Å². The standard InChI is InChI=1S/C19H20FN5O2/c20-12-5-14-15(8-22-18(14)21-6-12)25-9-13(7-23-25)24-17-11-3-1-10(2-4-11)16(17)19(26)27/h5-11,16-17,24H,1-4H2,(H,21,22)(H,26,27)/t10?,11?,16-,17?/m0/s1. The van der Waals surface area contributed by atoms with Gasteiger partial charge in [0.15, 0.2) is 0 Å². The quantitative estimate of drug-likeness (QED) is 0.656. The van der Waals surface area contributed by atoms with Crippen molar-refractivity contribution in [3.05, 3.63) is 36.7 Å². The topological polar surface area (TPSA) is 95.8 Å². The van der Waals surface area contributed by atoms with E-state index in [-0.39, 0.29) is 17.9 Å². The molecule has 3 aliphatic carbocycles. The summed E-state index contributed by atoms with van der Waals surface area (Å²) >= 11 is 0. The Labute approximate surface area is 154 Å². The van der Waals surface area contributed by atoms with Gasteiger partial charge in [0.1, 0.15) is 11.5 Å². The maximum atomic E-state index is 13.6. The van der Waals surface area contributed by atoms with Crippen molar-refractivity contribution in [3.63, 3.8) is 0 Å². The third-order valence-corrected chi connectivity index (χ3v) is 6.14. The van der Waals surface area contributed by atoms with Crippen molar-refractivity contribution in [2.75, 3.05) is 5.32 Å². The summed E-state index contributed by atoms with van der Waals surface area (Å²) in [5, 5.41) is 18.1. The van der Waals surface area contributed by atoms with Crippen LogP contribution < -0.4 is 5.32 Å². The number of nitrogens with one attached hydrogen (secondary N) is 2. The summed E-state index contributed by atoms with van der Waals surface area (Å²) in [4.78, 5) is 18.8. The Bertz CT molecular complexity index is 1000. The minimum atomic E-state index is -0.715. The van der Waals surface area contributed by atoms with Crippen LogP contribution in [0.2, 0.25) is 0 Å². The monoisotopic (exact) mass is 369 g/mol. The van der Waals surface area contributed by atoms with Crippen LogP contribution in [0.5, 0.6) is 0 Å². The van der Waals surface area contributed by atoms with E-state index >= 15 is 0 Å². The lowest BCUT2D eigenvalue weighted by Gasteiger charge is -2.47. The Kier molecular flexibility index (Phi) is 3.66. The fourth-order valence-electron chi connectivity index (χ4n) is 4.89. The van der Waals surface area contributed by atoms with Crippen LogP contribution in [0, 0.1) is 23.6 Å². The van der Waals surface area contributed by atoms with Gasteiger partial charge in [-0.25, -0.2) is 14.1 Å². The molecule has 3 aromatic rings. The molecule has 2 atom stereocenters. The number of nitrogens with zero attached hydrogens (tertiary/aromatic N) is 3. The van der Waals surface area contributed by atoms with Crippen molar-refractivity contribution in [1.82, 2.24) is 19.7 Å². The van der Waals surface area contributed by atoms with Crippen LogP contribution in [0.1, 0.15) is 25.7 Å². The molecule has 0 saturated heterocycles. The highest BCUT2D eigenvalue weighted by atomic mass is 19.1. The third-order valence-electron chi connectivity index (χ3n) is 6.14. The van der Waals surface area contributed by atoms with E-state index < -0.39 is 11.8 Å². The van der Waals surface area contributed by atoms with Gasteiger partial charge in [0.05, 0.1) is 35.9 Å². The molecule has 3 heterocycles. The van der Waals surface area contributed by atoms with Crippen molar-refractivity contribution in [1.29, 1.82) is 0 Å². The van der Waals surface area contributed by atoms with Gasteiger partial charge in [-0.2, -0.15) is 5.10 Å². The summed E-state index contributed by atoms with van der Waals surface area (Å²) in [6.07, 6.45) is 10.6. The molecule has 3 N–H and O–H groups in total. The second-order valence-corrected chi connectivity index (χ2v) is 7.61. The molecule has 2 bridgehead atoms. The number of carbonyl (C=O) groups is 1. The molecular weight excluding hydrogens is 349 g/mol. The highest BCUT2D eigenvalue weighted by Gasteiger charge is 2.47. The molecule has 3 saturated carbocycles. The molecule has 0 radical (unpaired) electrons. The zero-order valence-corrected chi connectivity index (χ0v) is 14.6. The number of aromatic amines is 1. The first-order valence-electron chi connectivity index (χ1n) is 9.27. The zero-order chi connectivity index (χ0) is 18.5. The molecule has 3 fully saturated rings. The number of carboxylic acids is 1. The maximum absolute atomic E-state index is 13.6. The molecule has 7 nitrogen and oxygen atoms in total. The Morgan fingerprint density at radius 2 is 2.04 bits per heavy atom. The van der Waals surface area contributed by atoms with E-state index in [0.29, 0.717) is 22.6 Å². The first-order chi connectivity index (χ1) is 13.1. The normalized spacial score (nSPS) is 27.1. The molecule has 0 spiro atoms. The molecule has 6 rings (SSSR count). The lowest BCUT2D eigenvalue weighted by Crippen LogP contribution is -2.51. The van der Waals surface area contributed by atoms with Gasteiger partial charge in [0, 0.05) is 17.6 Å². The molecule has 140 valence electrons. The van der Waals surface area contributed by atoms with Crippen molar-refractivity contribution in [2.45, 2.75) is 31.7 Å². The van der Waals surface area contributed by atoms with E-state index in [2.05, 4.69) is 20.4 Å². The SMILES string of the molecule is O=C(O)[C@H]1C2CCC(CC2)C1Nc1cnn(-c2c[nH]c3ncc(F)cc23)c1. The summed E-state index contributed by atoms with van der Waals surface area (Å²) in [6.45, 7) is 0. The minimum absolute atomic E-state index is 0.0743. The second-order valence-electron chi connectivity index (χ2n) is 7.61. The molecule has 0 amide bonds. The van der Waals surface area contributed by atoms with Gasteiger partial charge in [0.25, 0.3) is 0 Å². The fourth-order valence-corrected chi connectivity index (χ4v) is 4.89. The van der Waals surface area contributed by atoms with Crippen molar-refractivity contribution in [2.24, 2.45) is 17.8 Å². The second kappa shape index (κ2) is 6.07. The van der Waals surface area contributed by atoms with Crippen LogP contribution in [0.4, 0.5) is 10.1 Å². The number of pyridine rings is 1. The van der Waals surface area contributed by atoms with Gasteiger partial charge in [0.2, 0.25) is 0 Å². The predicted octanol–water partition coefficient (Wildman–Crippen LogP) is 3.19. The van der Waals surface area contributed by atoms with E-state index in [0.717, 1.165) is 31.4 Å². The Morgan fingerprint density at radius 3 is 2.81 bits per heavy atom. The minimum Gasteiger partial charge on any atom is -0.481 e. The highest BCUT2D eigenvalue weighted by molar-refractivity contribution is 5.85. The van der Waals surface area contributed by atoms with Crippen LogP contribution in [-0.4, -0.2) is 36.9 Å². The summed E-state index contributed by atoms with van der Waals surface area (Å²) in [5.41, 5.74) is 2.06. The summed E-state index contributed by atoms with van der Waals surface area (Å²) < 4.78 is 15.2. The van der Waals surface area contributed by atoms with Crippen LogP contribution in [0.15, 0.2) is 30.9 Å². The Hall–Kier alpha value is -2.90. The number of aliphatic carboxylic acids is 1. The average molecular weight is 369 g/mol. The van der Waals surface area contributed by atoms with Gasteiger partial charge < -0.3 is 15.4 Å². The largest absolute Gasteiger partial charge is 0.481 e. The Balaban J connectivity index is 1.43. The number of H-pyrrole nitrogens is 1. The summed E-state index contributed by atoms with van der Waals surface area (Å²) in [7, 11) is 0. The van der Waals surface area contributed by atoms with Gasteiger partial charge in [-0.05, 0) is 43.6 Å². The fraction of sp³-hybridized carbons (Fsp3) is 0.421. The molecule has 3 aromatic heterocycles. The summed E-state index contributed by atoms with van der Waals surface area (Å²) in [6, 6.07) is 1.35. The Morgan fingerprint density at radius 1 is 1.26 bits per heavy atom. The summed E-state index contributed by atoms with van der Waals surface area (Å²) in [5.74, 6) is -0.843. The van der Waals surface area contributed by atoms with Crippen molar-refractivity contribution >= 4 is 22.7 Å². The van der Waals surface area contributed by atoms with E-state index in [9.17, 15) is 14.3 Å². The number of hydrogen-bond donors (Lipinski definition) is 3. The molecule has 8 heteroatoms. The van der Waals surface area contributed by atoms with Gasteiger partial charge in [-0.1, -0.05) is 0 Å². The molecule has 1 unspecified atom stereocenters. The first-order valence-corrected chi connectivity index (χ1v) is 9.27. The molecular formula is C19H20FN5O2. The van der Waals surface area contributed by atoms with Gasteiger partial charge in [-0.3, -0.25) is 4.79 Å². The van der Waals surface area contributed by atoms with Crippen LogP contribution in [0.25, 0.3) is 16.7 Å². The number of aromatic nitrogens is 4. The third kappa shape index (κ3) is 2.67. The average Bonchev–Trinajstić information content (AvgIpc) is 3.28. The molecule has 3 aliphatic rings. The molecule has 27 heavy (non-hydrogen) atoms. The molecule has 0 aromatic carbocycles. The van der Waals surface area contributed by atoms with Gasteiger partial charge in [-0.15, -0.1) is 0 Å². The number of hydrogen-bond acceptors (Lipinski definition) is 4. The zero-order valence-electron chi connectivity index (χ0n) is 14.6. The van der Waals surface area contributed by atoms with E-state index in [1.54, 1.807) is 17.1 Å². The lowest BCUT2D eigenvalue weighted by molar-refractivity contribution is -0.148. The predicted molar refractivity (Wildman–Crippen MR) is 97.2 cm³/mol. The van der Waals surface area contributed by atoms with Gasteiger partial charge >= 0.3 is 5.97 Å². The number of carboxylic acid groups (broad SMARTS) is 1. The number of rotatable bonds is 4. The lowest BCUT2D eigenvalue weighted by atomic mass is 9.61. The smallest absolute Gasteiger partial charge is 0.308 e. The van der Waals surface area contributed by atoms with Crippen molar-refractivity contribution < 1.29 is 14.3 Å². The van der Waals surface area contributed by atoms with Crippen molar-refractivity contribution in [3.8, 4) is 5.69 Å². The number of anilines is 1. The van der Waals surface area contributed by atoms with E-state index in [1.807, 2.05) is 6.20 Å².